The van der Waals surface area contributed by atoms with Crippen molar-refractivity contribution in [2.75, 3.05) is 32.4 Å². The molecule has 0 heterocycles. The minimum absolute atomic E-state index is 0.000804. The van der Waals surface area contributed by atoms with Crippen LogP contribution in [0.3, 0.4) is 0 Å². The van der Waals surface area contributed by atoms with E-state index in [2.05, 4.69) is 10.6 Å². The molecule has 0 saturated heterocycles. The number of rotatable bonds is 12. The summed E-state index contributed by atoms with van der Waals surface area (Å²) < 4.78 is 15.8. The second kappa shape index (κ2) is 14.6. The van der Waals surface area contributed by atoms with Crippen molar-refractivity contribution in [1.29, 1.82) is 0 Å². The van der Waals surface area contributed by atoms with Crippen LogP contribution in [0.4, 0.5) is 5.69 Å². The Hall–Kier alpha value is -5.02. The molecule has 0 aliphatic heterocycles. The Kier molecular flexibility index (Phi) is 10.4. The lowest BCUT2D eigenvalue weighted by Crippen LogP contribution is -2.30. The number of benzene rings is 4. The van der Waals surface area contributed by atoms with Gasteiger partial charge in [0.1, 0.15) is 11.4 Å². The first-order chi connectivity index (χ1) is 20.4. The predicted molar refractivity (Wildman–Crippen MR) is 165 cm³/mol. The number of thioether (sulfide) groups is 1. The van der Waals surface area contributed by atoms with E-state index in [1.165, 1.54) is 26.0 Å². The van der Waals surface area contributed by atoms with Gasteiger partial charge >= 0.3 is 0 Å². The van der Waals surface area contributed by atoms with E-state index >= 15 is 0 Å². The van der Waals surface area contributed by atoms with E-state index in [1.807, 2.05) is 12.1 Å². The summed E-state index contributed by atoms with van der Waals surface area (Å²) in [5, 5.41) is 5.56. The summed E-state index contributed by atoms with van der Waals surface area (Å²) >= 11 is 1.40. The lowest BCUT2D eigenvalue weighted by Gasteiger charge is -2.13. The van der Waals surface area contributed by atoms with Crippen molar-refractivity contribution in [2.24, 2.45) is 0 Å². The van der Waals surface area contributed by atoms with Crippen molar-refractivity contribution >= 4 is 41.1 Å². The molecule has 9 heteroatoms. The minimum atomic E-state index is -0.510. The molecule has 0 unspecified atom stereocenters. The molecule has 0 aliphatic carbocycles. The molecule has 0 spiro atoms. The van der Waals surface area contributed by atoms with Gasteiger partial charge in [-0.3, -0.25) is 14.4 Å². The van der Waals surface area contributed by atoms with E-state index in [1.54, 1.807) is 98.1 Å². The predicted octanol–water partition coefficient (Wildman–Crippen LogP) is 6.10. The SMILES string of the molecule is COc1ccc(C(=O)CSc2ccc(NC(=O)/C(=C/c3ccc(OC)c(OC)c3)NC(=O)c3ccccc3)cc2)cc1. The zero-order valence-electron chi connectivity index (χ0n) is 23.4. The highest BCUT2D eigenvalue weighted by molar-refractivity contribution is 8.00. The highest BCUT2D eigenvalue weighted by Gasteiger charge is 2.16. The van der Waals surface area contributed by atoms with Crippen LogP contribution in [0.1, 0.15) is 26.3 Å². The topological polar surface area (TPSA) is 103 Å². The molecule has 42 heavy (non-hydrogen) atoms. The van der Waals surface area contributed by atoms with Crippen molar-refractivity contribution < 1.29 is 28.6 Å². The zero-order chi connectivity index (χ0) is 29.9. The number of carbonyl (C=O) groups is 3. The Morgan fingerprint density at radius 1 is 0.738 bits per heavy atom. The lowest BCUT2D eigenvalue weighted by molar-refractivity contribution is -0.113. The maximum atomic E-state index is 13.4. The highest BCUT2D eigenvalue weighted by atomic mass is 32.2. The Morgan fingerprint density at radius 3 is 2.07 bits per heavy atom. The minimum Gasteiger partial charge on any atom is -0.497 e. The first-order valence-corrected chi connectivity index (χ1v) is 13.9. The third-order valence-corrected chi connectivity index (χ3v) is 7.15. The number of anilines is 1. The molecule has 0 radical (unpaired) electrons. The fraction of sp³-hybridized carbons (Fsp3) is 0.121. The molecule has 214 valence electrons. The molecule has 0 atom stereocenters. The molecule has 0 saturated carbocycles. The average molecular weight is 583 g/mol. The van der Waals surface area contributed by atoms with Crippen molar-refractivity contribution in [3.8, 4) is 17.2 Å². The number of ether oxygens (including phenoxy) is 3. The van der Waals surface area contributed by atoms with Gasteiger partial charge < -0.3 is 24.8 Å². The van der Waals surface area contributed by atoms with Crippen molar-refractivity contribution in [1.82, 2.24) is 5.32 Å². The molecule has 8 nitrogen and oxygen atoms in total. The van der Waals surface area contributed by atoms with Gasteiger partial charge in [-0.1, -0.05) is 24.3 Å². The van der Waals surface area contributed by atoms with Gasteiger partial charge in [-0.25, -0.2) is 0 Å². The van der Waals surface area contributed by atoms with Gasteiger partial charge in [0.05, 0.1) is 27.1 Å². The van der Waals surface area contributed by atoms with E-state index in [0.717, 1.165) is 4.90 Å². The molecule has 2 amide bonds. The Morgan fingerprint density at radius 2 is 1.43 bits per heavy atom. The Balaban J connectivity index is 1.47. The standard InChI is InChI=1S/C33H30N2O6S/c1-39-26-14-10-23(11-15-26)29(36)21-42-27-16-12-25(13-17-27)34-33(38)28(35-32(37)24-7-5-4-6-8-24)19-22-9-18-30(40-2)31(20-22)41-3/h4-20H,21H2,1-3H3,(H,34,38)(H,35,37)/b28-19-. The smallest absolute Gasteiger partial charge is 0.272 e. The number of amides is 2. The van der Waals surface area contributed by atoms with E-state index in [4.69, 9.17) is 14.2 Å². The van der Waals surface area contributed by atoms with E-state index < -0.39 is 11.8 Å². The van der Waals surface area contributed by atoms with Crippen LogP contribution in [-0.4, -0.2) is 44.7 Å². The summed E-state index contributed by atoms with van der Waals surface area (Å²) in [5.74, 6) is 1.05. The number of hydrogen-bond acceptors (Lipinski definition) is 7. The molecule has 4 aromatic carbocycles. The summed E-state index contributed by atoms with van der Waals surface area (Å²) in [6.45, 7) is 0. The van der Waals surface area contributed by atoms with Crippen LogP contribution in [0.15, 0.2) is 108 Å². The van der Waals surface area contributed by atoms with Crippen LogP contribution in [0.2, 0.25) is 0 Å². The summed E-state index contributed by atoms with van der Waals surface area (Å²) in [6, 6.07) is 27.9. The maximum Gasteiger partial charge on any atom is 0.272 e. The van der Waals surface area contributed by atoms with Crippen molar-refractivity contribution in [3.05, 3.63) is 119 Å². The van der Waals surface area contributed by atoms with Crippen LogP contribution in [0.25, 0.3) is 6.08 Å². The van der Waals surface area contributed by atoms with Crippen LogP contribution in [-0.2, 0) is 4.79 Å². The average Bonchev–Trinajstić information content (AvgIpc) is 3.04. The fourth-order valence-electron chi connectivity index (χ4n) is 3.89. The Bertz CT molecular complexity index is 1570. The molecular formula is C33H30N2O6S. The second-order valence-corrected chi connectivity index (χ2v) is 9.96. The van der Waals surface area contributed by atoms with Gasteiger partial charge in [0.25, 0.3) is 11.8 Å². The van der Waals surface area contributed by atoms with Gasteiger partial charge in [0.2, 0.25) is 0 Å². The second-order valence-electron chi connectivity index (χ2n) is 8.91. The third-order valence-electron chi connectivity index (χ3n) is 6.14. The number of ketones is 1. The molecule has 4 rings (SSSR count). The normalized spacial score (nSPS) is 10.9. The van der Waals surface area contributed by atoms with E-state index in [-0.39, 0.29) is 17.2 Å². The van der Waals surface area contributed by atoms with Gasteiger partial charge in [-0.15, -0.1) is 11.8 Å². The first kappa shape index (κ1) is 30.0. The van der Waals surface area contributed by atoms with Gasteiger partial charge in [-0.2, -0.15) is 0 Å². The van der Waals surface area contributed by atoms with Crippen LogP contribution < -0.4 is 24.8 Å². The lowest BCUT2D eigenvalue weighted by atomic mass is 10.1. The van der Waals surface area contributed by atoms with Crippen LogP contribution in [0.5, 0.6) is 17.2 Å². The summed E-state index contributed by atoms with van der Waals surface area (Å²) in [7, 11) is 4.64. The largest absolute Gasteiger partial charge is 0.497 e. The molecule has 0 bridgehead atoms. The van der Waals surface area contributed by atoms with E-state index in [0.29, 0.717) is 39.6 Å². The van der Waals surface area contributed by atoms with E-state index in [9.17, 15) is 14.4 Å². The Labute approximate surface area is 248 Å². The van der Waals surface area contributed by atoms with Crippen LogP contribution >= 0.6 is 11.8 Å². The molecule has 0 fully saturated rings. The number of Topliss-reactive ketones (excluding diaryl/α,β-unsaturated/α-hetero) is 1. The van der Waals surface area contributed by atoms with Gasteiger partial charge in [0, 0.05) is 21.7 Å². The number of hydrogen-bond donors (Lipinski definition) is 2. The van der Waals surface area contributed by atoms with Crippen molar-refractivity contribution in [3.63, 3.8) is 0 Å². The molecule has 4 aromatic rings. The van der Waals surface area contributed by atoms with Gasteiger partial charge in [-0.05, 0) is 84.4 Å². The maximum absolute atomic E-state index is 13.4. The zero-order valence-corrected chi connectivity index (χ0v) is 24.2. The third kappa shape index (κ3) is 8.02. The summed E-state index contributed by atoms with van der Waals surface area (Å²) in [4.78, 5) is 39.7. The number of nitrogens with one attached hydrogen (secondary N) is 2. The summed E-state index contributed by atoms with van der Waals surface area (Å²) in [6.07, 6.45) is 1.56. The molecule has 0 aromatic heterocycles. The highest BCUT2D eigenvalue weighted by Crippen LogP contribution is 2.28. The molecule has 0 aliphatic rings. The monoisotopic (exact) mass is 582 g/mol. The molecular weight excluding hydrogens is 552 g/mol. The first-order valence-electron chi connectivity index (χ1n) is 12.9. The van der Waals surface area contributed by atoms with Gasteiger partial charge in [0.15, 0.2) is 17.3 Å². The number of carbonyl (C=O) groups excluding carboxylic acids is 3. The number of methoxy groups -OCH3 is 3. The van der Waals surface area contributed by atoms with Crippen LogP contribution in [0, 0.1) is 0 Å². The summed E-state index contributed by atoms with van der Waals surface area (Å²) in [5.41, 5.74) is 2.21. The van der Waals surface area contributed by atoms with Crippen molar-refractivity contribution in [2.45, 2.75) is 4.90 Å². The quantitative estimate of drug-likeness (QED) is 0.118. The molecule has 2 N–H and O–H groups in total. The fourth-order valence-corrected chi connectivity index (χ4v) is 4.69.